The first-order chi connectivity index (χ1) is 8.49. The van der Waals surface area contributed by atoms with Crippen LogP contribution in [-0.2, 0) is 9.73 Å². The van der Waals surface area contributed by atoms with Crippen LogP contribution in [0.1, 0.15) is 16.2 Å². The molecule has 5 nitrogen and oxygen atoms in total. The highest BCUT2D eigenvalue weighted by Crippen LogP contribution is 2.12. The Labute approximate surface area is 105 Å². The number of hydrogen-bond acceptors (Lipinski definition) is 4. The first-order valence-corrected chi connectivity index (χ1v) is 7.16. The molecule has 1 aromatic heterocycles. The summed E-state index contributed by atoms with van der Waals surface area (Å²) in [6.45, 7) is 1.67. The van der Waals surface area contributed by atoms with Crippen molar-refractivity contribution in [3.63, 3.8) is 0 Å². The molecular formula is C12H12N2O3S. The van der Waals surface area contributed by atoms with Crippen molar-refractivity contribution in [1.29, 1.82) is 0 Å². The minimum Gasteiger partial charge on any atom is -0.361 e. The Bertz CT molecular complexity index is 682. The van der Waals surface area contributed by atoms with Crippen LogP contribution in [0, 0.1) is 6.92 Å². The summed E-state index contributed by atoms with van der Waals surface area (Å²) in [5.41, 5.74) is 0.0676. The zero-order chi connectivity index (χ0) is 13.2. The Kier molecular flexibility index (Phi) is 3.29. The summed E-state index contributed by atoms with van der Waals surface area (Å²) in [5.74, 6) is -0.126. The molecule has 0 saturated carbocycles. The number of carbonyl (C=O) groups excluding carboxylic acids is 1. The van der Waals surface area contributed by atoms with E-state index >= 15 is 0 Å². The Balaban J connectivity index is 2.39. The van der Waals surface area contributed by atoms with Crippen molar-refractivity contribution >= 4 is 15.6 Å². The van der Waals surface area contributed by atoms with Gasteiger partial charge in [0.1, 0.15) is 5.76 Å². The number of amides is 1. The van der Waals surface area contributed by atoms with Gasteiger partial charge in [0.25, 0.3) is 0 Å². The fraction of sp³-hybridized carbons (Fsp3) is 0.167. The Morgan fingerprint density at radius 2 is 2.00 bits per heavy atom. The molecule has 0 radical (unpaired) electrons. The second kappa shape index (κ2) is 4.73. The maximum atomic E-state index is 12.3. The molecule has 0 N–H and O–H groups in total. The normalized spacial score (nSPS) is 13.9. The SMILES string of the molecule is Cc1cc(C(=O)N=[S@](C)(=O)c2ccccc2)no1. The second-order valence-electron chi connectivity index (χ2n) is 3.83. The van der Waals surface area contributed by atoms with Crippen molar-refractivity contribution in [3.05, 3.63) is 47.9 Å². The van der Waals surface area contributed by atoms with E-state index in [4.69, 9.17) is 4.52 Å². The Morgan fingerprint density at radius 3 is 2.56 bits per heavy atom. The summed E-state index contributed by atoms with van der Waals surface area (Å²) in [4.78, 5) is 12.3. The van der Waals surface area contributed by atoms with Crippen LogP contribution in [-0.4, -0.2) is 21.5 Å². The van der Waals surface area contributed by atoms with Crippen LogP contribution < -0.4 is 0 Å². The second-order valence-corrected chi connectivity index (χ2v) is 6.09. The van der Waals surface area contributed by atoms with E-state index in [0.29, 0.717) is 10.7 Å². The van der Waals surface area contributed by atoms with Gasteiger partial charge in [-0.1, -0.05) is 23.4 Å². The third-order valence-electron chi connectivity index (χ3n) is 2.28. The van der Waals surface area contributed by atoms with Gasteiger partial charge in [-0.15, -0.1) is 0 Å². The van der Waals surface area contributed by atoms with E-state index in [2.05, 4.69) is 9.52 Å². The minimum atomic E-state index is -2.75. The molecular weight excluding hydrogens is 252 g/mol. The molecule has 0 aliphatic carbocycles. The molecule has 1 amide bonds. The summed E-state index contributed by atoms with van der Waals surface area (Å²) in [6, 6.07) is 10.1. The van der Waals surface area contributed by atoms with Crippen molar-refractivity contribution in [2.75, 3.05) is 6.26 Å². The summed E-state index contributed by atoms with van der Waals surface area (Å²) < 4.78 is 20.8. The monoisotopic (exact) mass is 264 g/mol. The molecule has 94 valence electrons. The number of nitrogens with zero attached hydrogens (tertiary/aromatic N) is 2. The molecule has 6 heteroatoms. The third-order valence-corrected chi connectivity index (χ3v) is 3.95. The van der Waals surface area contributed by atoms with Gasteiger partial charge < -0.3 is 4.52 Å². The predicted octanol–water partition coefficient (Wildman–Crippen LogP) is 2.28. The highest BCUT2D eigenvalue weighted by Gasteiger charge is 2.14. The van der Waals surface area contributed by atoms with Gasteiger partial charge in [-0.2, -0.15) is 4.36 Å². The fourth-order valence-electron chi connectivity index (χ4n) is 1.40. The fourth-order valence-corrected chi connectivity index (χ4v) is 2.58. The van der Waals surface area contributed by atoms with E-state index in [9.17, 15) is 9.00 Å². The van der Waals surface area contributed by atoms with E-state index in [1.54, 1.807) is 31.2 Å². The van der Waals surface area contributed by atoms with Crippen LogP contribution in [0.5, 0.6) is 0 Å². The smallest absolute Gasteiger partial charge is 0.307 e. The highest BCUT2D eigenvalue weighted by atomic mass is 32.2. The van der Waals surface area contributed by atoms with Crippen LogP contribution in [0.15, 0.2) is 50.2 Å². The van der Waals surface area contributed by atoms with Gasteiger partial charge in [0.2, 0.25) is 0 Å². The quantitative estimate of drug-likeness (QED) is 0.834. The Morgan fingerprint density at radius 1 is 1.33 bits per heavy atom. The molecule has 2 rings (SSSR count). The van der Waals surface area contributed by atoms with Crippen LogP contribution in [0.25, 0.3) is 0 Å². The molecule has 1 heterocycles. The lowest BCUT2D eigenvalue weighted by Gasteiger charge is -2.01. The van der Waals surface area contributed by atoms with Gasteiger partial charge in [-0.05, 0) is 19.1 Å². The maximum absolute atomic E-state index is 12.3. The number of carbonyl (C=O) groups is 1. The number of benzene rings is 1. The first kappa shape index (κ1) is 12.5. The van der Waals surface area contributed by atoms with Gasteiger partial charge in [0, 0.05) is 17.2 Å². The molecule has 1 aromatic carbocycles. The average molecular weight is 264 g/mol. The van der Waals surface area contributed by atoms with Crippen molar-refractivity contribution in [2.24, 2.45) is 4.36 Å². The first-order valence-electron chi connectivity index (χ1n) is 5.24. The molecule has 0 saturated heterocycles. The number of aromatic nitrogens is 1. The van der Waals surface area contributed by atoms with Gasteiger partial charge in [0.15, 0.2) is 5.69 Å². The molecule has 2 aromatic rings. The lowest BCUT2D eigenvalue weighted by atomic mass is 10.4. The van der Waals surface area contributed by atoms with Crippen LogP contribution >= 0.6 is 0 Å². The van der Waals surface area contributed by atoms with Crippen LogP contribution in [0.4, 0.5) is 0 Å². The number of rotatable bonds is 2. The van der Waals surface area contributed by atoms with E-state index in [-0.39, 0.29) is 5.69 Å². The molecule has 0 bridgehead atoms. The highest BCUT2D eigenvalue weighted by molar-refractivity contribution is 7.93. The standard InChI is InChI=1S/C12H12N2O3S/c1-9-8-11(13-17-9)12(15)14-18(2,16)10-6-4-3-5-7-10/h3-8H,1-2H3/t18-/m1/s1. The molecule has 0 spiro atoms. The Hall–Kier alpha value is -1.95. The van der Waals surface area contributed by atoms with E-state index in [0.717, 1.165) is 0 Å². The van der Waals surface area contributed by atoms with E-state index in [1.807, 2.05) is 6.07 Å². The lowest BCUT2D eigenvalue weighted by Crippen LogP contribution is -2.03. The average Bonchev–Trinajstić information content (AvgIpc) is 2.77. The van der Waals surface area contributed by atoms with Gasteiger partial charge in [-0.3, -0.25) is 4.79 Å². The number of aryl methyl sites for hydroxylation is 1. The largest absolute Gasteiger partial charge is 0.361 e. The van der Waals surface area contributed by atoms with Crippen molar-refractivity contribution in [2.45, 2.75) is 11.8 Å². The third kappa shape index (κ3) is 2.65. The lowest BCUT2D eigenvalue weighted by molar-refractivity contribution is 0.0996. The molecule has 18 heavy (non-hydrogen) atoms. The summed E-state index contributed by atoms with van der Waals surface area (Å²) in [5, 5.41) is 3.55. The maximum Gasteiger partial charge on any atom is 0.307 e. The zero-order valence-corrected chi connectivity index (χ0v) is 10.8. The van der Waals surface area contributed by atoms with E-state index < -0.39 is 15.6 Å². The molecule has 0 aliphatic rings. The molecule has 0 unspecified atom stereocenters. The summed E-state index contributed by atoms with van der Waals surface area (Å²) in [6.07, 6.45) is 1.42. The van der Waals surface area contributed by atoms with E-state index in [1.165, 1.54) is 12.3 Å². The summed E-state index contributed by atoms with van der Waals surface area (Å²) >= 11 is 0. The summed E-state index contributed by atoms with van der Waals surface area (Å²) in [7, 11) is -2.75. The minimum absolute atomic E-state index is 0.0676. The molecule has 0 fully saturated rings. The molecule has 0 aliphatic heterocycles. The molecule has 1 atom stereocenters. The predicted molar refractivity (Wildman–Crippen MR) is 66.8 cm³/mol. The van der Waals surface area contributed by atoms with Gasteiger partial charge in [0.05, 0.1) is 9.73 Å². The topological polar surface area (TPSA) is 72.5 Å². The van der Waals surface area contributed by atoms with Crippen molar-refractivity contribution in [1.82, 2.24) is 5.16 Å². The van der Waals surface area contributed by atoms with Crippen LogP contribution in [0.2, 0.25) is 0 Å². The van der Waals surface area contributed by atoms with Crippen molar-refractivity contribution in [3.8, 4) is 0 Å². The van der Waals surface area contributed by atoms with Crippen LogP contribution in [0.3, 0.4) is 0 Å². The zero-order valence-electron chi connectivity index (χ0n) is 9.99. The number of hydrogen-bond donors (Lipinski definition) is 0. The van der Waals surface area contributed by atoms with Crippen molar-refractivity contribution < 1.29 is 13.5 Å². The van der Waals surface area contributed by atoms with Gasteiger partial charge >= 0.3 is 5.91 Å². The van der Waals surface area contributed by atoms with Gasteiger partial charge in [-0.25, -0.2) is 4.21 Å².